The molecule has 1 N–H and O–H groups in total. The third kappa shape index (κ3) is 4.12. The fourth-order valence-electron chi connectivity index (χ4n) is 4.04. The number of carbonyl (C=O) groups excluding carboxylic acids is 1. The Kier molecular flexibility index (Phi) is 6.32. The number of phenols is 1. The van der Waals surface area contributed by atoms with Crippen molar-refractivity contribution in [1.29, 1.82) is 0 Å². The van der Waals surface area contributed by atoms with E-state index in [1.807, 2.05) is 18.2 Å². The van der Waals surface area contributed by atoms with Crippen LogP contribution in [-0.2, 0) is 16.0 Å². The molecular formula is C19H28BrNO3. The molecule has 1 aromatic rings. The van der Waals surface area contributed by atoms with Crippen molar-refractivity contribution < 1.29 is 36.1 Å². The molecule has 1 aromatic carbocycles. The van der Waals surface area contributed by atoms with Crippen LogP contribution in [0.25, 0.3) is 0 Å². The Hall–Kier alpha value is -1.07. The van der Waals surface area contributed by atoms with E-state index in [-0.39, 0.29) is 35.6 Å². The predicted octanol–water partition coefficient (Wildman–Crippen LogP) is 0.336. The van der Waals surface area contributed by atoms with Gasteiger partial charge in [-0.3, -0.25) is 9.28 Å². The van der Waals surface area contributed by atoms with Gasteiger partial charge in [0.15, 0.2) is 0 Å². The minimum Gasteiger partial charge on any atom is -1.00 e. The number of ether oxygens (including phenoxy) is 1. The monoisotopic (exact) mass is 397 g/mol. The molecule has 2 fully saturated rings. The predicted molar refractivity (Wildman–Crippen MR) is 89.1 cm³/mol. The molecule has 0 amide bonds. The molecule has 3 rings (SSSR count). The summed E-state index contributed by atoms with van der Waals surface area (Å²) in [5.41, 5.74) is 1.70. The van der Waals surface area contributed by atoms with Crippen LogP contribution in [0.3, 0.4) is 0 Å². The summed E-state index contributed by atoms with van der Waals surface area (Å²) in [4.78, 5) is 12.3. The van der Waals surface area contributed by atoms with E-state index in [1.165, 1.54) is 12.8 Å². The van der Waals surface area contributed by atoms with Crippen LogP contribution in [0.15, 0.2) is 18.2 Å². The summed E-state index contributed by atoms with van der Waals surface area (Å²) in [5.74, 6) is 0.509. The van der Waals surface area contributed by atoms with Crippen molar-refractivity contribution >= 4 is 5.97 Å². The SMILES string of the molecule is C[N+]1(C)CCCC1OC(=O)Cc1cccc(C2CCCC2)c1O.[Br-]. The number of nitrogens with zero attached hydrogens (tertiary/aromatic N) is 1. The van der Waals surface area contributed by atoms with E-state index < -0.39 is 0 Å². The van der Waals surface area contributed by atoms with Crippen LogP contribution in [0.1, 0.15) is 55.6 Å². The standard InChI is InChI=1S/C19H27NO3.BrH/c1-20(2)12-6-11-17(20)23-18(21)13-15-9-5-10-16(19(15)22)14-7-3-4-8-14;/h5,9-10,14,17H,3-4,6-8,11-13H2,1-2H3;1H. The molecule has 0 bridgehead atoms. The molecule has 1 atom stereocenters. The molecular weight excluding hydrogens is 370 g/mol. The zero-order valence-electron chi connectivity index (χ0n) is 14.6. The van der Waals surface area contributed by atoms with Crippen LogP contribution in [-0.4, -0.2) is 42.4 Å². The lowest BCUT2D eigenvalue weighted by Gasteiger charge is -2.30. The molecule has 5 heteroatoms. The Morgan fingerprint density at radius 3 is 2.54 bits per heavy atom. The summed E-state index contributed by atoms with van der Waals surface area (Å²) in [6.07, 6.45) is 6.84. The second kappa shape index (κ2) is 7.87. The fraction of sp³-hybridized carbons (Fsp3) is 0.632. The number of phenolic OH excluding ortho intramolecular Hbond substituents is 1. The van der Waals surface area contributed by atoms with Gasteiger partial charge in [-0.15, -0.1) is 0 Å². The molecule has 1 heterocycles. The van der Waals surface area contributed by atoms with Crippen molar-refractivity contribution in [3.8, 4) is 5.75 Å². The maximum Gasteiger partial charge on any atom is 0.314 e. The number of para-hydroxylation sites is 1. The van der Waals surface area contributed by atoms with Gasteiger partial charge in [0.2, 0.25) is 6.23 Å². The van der Waals surface area contributed by atoms with Gasteiger partial charge in [0.1, 0.15) is 5.75 Å². The zero-order chi connectivity index (χ0) is 16.4. The molecule has 0 radical (unpaired) electrons. The van der Waals surface area contributed by atoms with Gasteiger partial charge in [-0.05, 0) is 24.3 Å². The second-order valence-corrected chi connectivity index (χ2v) is 7.60. The molecule has 0 aromatic heterocycles. The highest BCUT2D eigenvalue weighted by Gasteiger charge is 2.37. The summed E-state index contributed by atoms with van der Waals surface area (Å²) in [6.45, 7) is 1.04. The Balaban J connectivity index is 0.00000208. The molecule has 24 heavy (non-hydrogen) atoms. The third-order valence-corrected chi connectivity index (χ3v) is 5.51. The first-order valence-corrected chi connectivity index (χ1v) is 8.80. The van der Waals surface area contributed by atoms with E-state index in [4.69, 9.17) is 4.74 Å². The number of hydrogen-bond acceptors (Lipinski definition) is 3. The number of rotatable bonds is 4. The second-order valence-electron chi connectivity index (χ2n) is 7.60. The van der Waals surface area contributed by atoms with Gasteiger partial charge >= 0.3 is 5.97 Å². The number of benzene rings is 1. The minimum absolute atomic E-state index is 0. The highest BCUT2D eigenvalue weighted by Crippen LogP contribution is 2.39. The van der Waals surface area contributed by atoms with E-state index in [1.54, 1.807) is 0 Å². The van der Waals surface area contributed by atoms with E-state index in [9.17, 15) is 9.90 Å². The molecule has 134 valence electrons. The fourth-order valence-corrected chi connectivity index (χ4v) is 4.04. The Labute approximate surface area is 155 Å². The van der Waals surface area contributed by atoms with E-state index in [0.717, 1.165) is 42.3 Å². The molecule has 1 saturated heterocycles. The third-order valence-electron chi connectivity index (χ3n) is 5.51. The van der Waals surface area contributed by atoms with Crippen molar-refractivity contribution in [3.63, 3.8) is 0 Å². The zero-order valence-corrected chi connectivity index (χ0v) is 16.2. The number of esters is 1. The summed E-state index contributed by atoms with van der Waals surface area (Å²) >= 11 is 0. The van der Waals surface area contributed by atoms with Crippen molar-refractivity contribution in [2.45, 2.75) is 57.1 Å². The highest BCUT2D eigenvalue weighted by atomic mass is 79.9. The summed E-state index contributed by atoms with van der Waals surface area (Å²) in [6, 6.07) is 5.78. The molecule has 1 saturated carbocycles. The largest absolute Gasteiger partial charge is 1.00 e. The van der Waals surface area contributed by atoms with Crippen LogP contribution in [0.4, 0.5) is 0 Å². The maximum absolute atomic E-state index is 12.3. The van der Waals surface area contributed by atoms with Crippen molar-refractivity contribution in [1.82, 2.24) is 0 Å². The average molecular weight is 398 g/mol. The smallest absolute Gasteiger partial charge is 0.314 e. The van der Waals surface area contributed by atoms with E-state index >= 15 is 0 Å². The topological polar surface area (TPSA) is 46.5 Å². The van der Waals surface area contributed by atoms with Crippen LogP contribution < -0.4 is 17.0 Å². The van der Waals surface area contributed by atoms with Crippen LogP contribution in [0.5, 0.6) is 5.75 Å². The van der Waals surface area contributed by atoms with Crippen molar-refractivity contribution in [2.24, 2.45) is 0 Å². The van der Waals surface area contributed by atoms with Gasteiger partial charge in [0.25, 0.3) is 0 Å². The number of aromatic hydroxyl groups is 1. The van der Waals surface area contributed by atoms with E-state index in [0.29, 0.717) is 17.2 Å². The van der Waals surface area contributed by atoms with Gasteiger partial charge in [0, 0.05) is 18.4 Å². The Morgan fingerprint density at radius 1 is 1.21 bits per heavy atom. The quantitative estimate of drug-likeness (QED) is 0.588. The number of likely N-dealkylation sites (tertiary alicyclic amines) is 1. The van der Waals surface area contributed by atoms with Crippen LogP contribution >= 0.6 is 0 Å². The van der Waals surface area contributed by atoms with Gasteiger partial charge in [0.05, 0.1) is 27.1 Å². The van der Waals surface area contributed by atoms with Crippen LogP contribution in [0.2, 0.25) is 0 Å². The van der Waals surface area contributed by atoms with E-state index in [2.05, 4.69) is 14.1 Å². The van der Waals surface area contributed by atoms with Gasteiger partial charge in [-0.1, -0.05) is 31.0 Å². The lowest BCUT2D eigenvalue weighted by Crippen LogP contribution is -3.00. The molecule has 1 aliphatic carbocycles. The Bertz CT molecular complexity index is 582. The first kappa shape index (κ1) is 19.3. The lowest BCUT2D eigenvalue weighted by atomic mass is 9.94. The normalized spacial score (nSPS) is 23.0. The summed E-state index contributed by atoms with van der Waals surface area (Å²) in [7, 11) is 4.20. The Morgan fingerprint density at radius 2 is 1.92 bits per heavy atom. The lowest BCUT2D eigenvalue weighted by molar-refractivity contribution is -0.921. The maximum atomic E-state index is 12.3. The first-order valence-electron chi connectivity index (χ1n) is 8.80. The van der Waals surface area contributed by atoms with Gasteiger partial charge < -0.3 is 26.8 Å². The molecule has 4 nitrogen and oxygen atoms in total. The van der Waals surface area contributed by atoms with Crippen LogP contribution in [0, 0.1) is 0 Å². The molecule has 0 spiro atoms. The first-order chi connectivity index (χ1) is 11.0. The molecule has 1 aliphatic heterocycles. The number of carbonyl (C=O) groups is 1. The minimum atomic E-state index is -0.234. The average Bonchev–Trinajstić information content (AvgIpc) is 3.12. The van der Waals surface area contributed by atoms with Gasteiger partial charge in [-0.25, -0.2) is 0 Å². The van der Waals surface area contributed by atoms with Crippen molar-refractivity contribution in [3.05, 3.63) is 29.3 Å². The molecule has 2 aliphatic rings. The molecule has 1 unspecified atom stereocenters. The summed E-state index contributed by atoms with van der Waals surface area (Å²) < 4.78 is 6.41. The van der Waals surface area contributed by atoms with Gasteiger partial charge in [-0.2, -0.15) is 0 Å². The number of hydrogen-bond donors (Lipinski definition) is 1. The summed E-state index contributed by atoms with van der Waals surface area (Å²) in [5, 5.41) is 10.5. The highest BCUT2D eigenvalue weighted by molar-refractivity contribution is 5.74. The number of quaternary nitrogens is 1. The van der Waals surface area contributed by atoms with Crippen molar-refractivity contribution in [2.75, 3.05) is 20.6 Å². The number of halogens is 1.